The summed E-state index contributed by atoms with van der Waals surface area (Å²) in [6.07, 6.45) is 0. The molecule has 6 nitrogen and oxygen atoms in total. The normalized spacial score (nSPS) is 12.3. The van der Waals surface area contributed by atoms with Gasteiger partial charge in [0, 0.05) is 12.0 Å². The third-order valence-electron chi connectivity index (χ3n) is 2.55. The number of thiophene rings is 1. The van der Waals surface area contributed by atoms with Gasteiger partial charge in [0.15, 0.2) is 0 Å². The molecule has 0 aliphatic carbocycles. The number of oxime groups is 1. The standard InChI is InChI=1S/C11H17N3O3S/c1-11(2,10(12)14-16)6-13-9(15)8-7(17-3)4-5-18-8/h4-5,16H,6H2,1-3H3,(H2,12,14)(H,13,15). The lowest BCUT2D eigenvalue weighted by Crippen LogP contribution is -2.42. The van der Waals surface area contributed by atoms with E-state index in [-0.39, 0.29) is 18.3 Å². The van der Waals surface area contributed by atoms with Crippen LogP contribution in [0.1, 0.15) is 23.5 Å². The Labute approximate surface area is 109 Å². The summed E-state index contributed by atoms with van der Waals surface area (Å²) in [6, 6.07) is 1.73. The highest BCUT2D eigenvalue weighted by atomic mass is 32.1. The first-order valence-electron chi connectivity index (χ1n) is 5.30. The number of rotatable bonds is 5. The van der Waals surface area contributed by atoms with Gasteiger partial charge >= 0.3 is 0 Å². The highest BCUT2D eigenvalue weighted by Crippen LogP contribution is 2.24. The van der Waals surface area contributed by atoms with E-state index in [1.54, 1.807) is 25.3 Å². The van der Waals surface area contributed by atoms with Crippen LogP contribution in [0.2, 0.25) is 0 Å². The first-order chi connectivity index (χ1) is 8.42. The lowest BCUT2D eigenvalue weighted by Gasteiger charge is -2.22. The molecule has 1 aromatic rings. The molecule has 0 unspecified atom stereocenters. The second kappa shape index (κ2) is 5.72. The van der Waals surface area contributed by atoms with Gasteiger partial charge < -0.3 is 21.0 Å². The number of carbonyl (C=O) groups excluding carboxylic acids is 1. The Morgan fingerprint density at radius 2 is 2.33 bits per heavy atom. The predicted molar refractivity (Wildman–Crippen MR) is 70.4 cm³/mol. The van der Waals surface area contributed by atoms with Gasteiger partial charge in [0.2, 0.25) is 0 Å². The molecule has 100 valence electrons. The molecule has 1 heterocycles. The molecule has 0 spiro atoms. The van der Waals surface area contributed by atoms with Crippen LogP contribution in [0.15, 0.2) is 16.6 Å². The molecular weight excluding hydrogens is 254 g/mol. The number of methoxy groups -OCH3 is 1. The van der Waals surface area contributed by atoms with Crippen LogP contribution in [0.3, 0.4) is 0 Å². The smallest absolute Gasteiger partial charge is 0.265 e. The number of nitrogens with one attached hydrogen (secondary N) is 1. The maximum Gasteiger partial charge on any atom is 0.265 e. The summed E-state index contributed by atoms with van der Waals surface area (Å²) in [5.74, 6) is 0.376. The van der Waals surface area contributed by atoms with Crippen molar-refractivity contribution in [1.82, 2.24) is 5.32 Å². The molecule has 0 fully saturated rings. The van der Waals surface area contributed by atoms with Gasteiger partial charge in [-0.05, 0) is 11.4 Å². The molecule has 0 aromatic carbocycles. The van der Waals surface area contributed by atoms with E-state index in [9.17, 15) is 4.79 Å². The molecule has 0 aliphatic rings. The number of carbonyl (C=O) groups is 1. The number of hydrogen-bond donors (Lipinski definition) is 3. The Hall–Kier alpha value is -1.76. The van der Waals surface area contributed by atoms with Crippen LogP contribution < -0.4 is 15.8 Å². The highest BCUT2D eigenvalue weighted by Gasteiger charge is 2.25. The zero-order valence-corrected chi connectivity index (χ0v) is 11.4. The Morgan fingerprint density at radius 1 is 1.67 bits per heavy atom. The van der Waals surface area contributed by atoms with Crippen molar-refractivity contribution >= 4 is 23.1 Å². The molecular formula is C11H17N3O3S. The molecule has 4 N–H and O–H groups in total. The number of hydrogen-bond acceptors (Lipinski definition) is 5. The fraction of sp³-hybridized carbons (Fsp3) is 0.455. The Morgan fingerprint density at radius 3 is 2.89 bits per heavy atom. The van der Waals surface area contributed by atoms with E-state index in [4.69, 9.17) is 15.7 Å². The van der Waals surface area contributed by atoms with Crippen molar-refractivity contribution < 1.29 is 14.7 Å². The summed E-state index contributed by atoms with van der Waals surface area (Å²) in [6.45, 7) is 3.81. The molecule has 0 saturated carbocycles. The predicted octanol–water partition coefficient (Wildman–Crippen LogP) is 1.26. The monoisotopic (exact) mass is 271 g/mol. The second-order valence-corrected chi connectivity index (χ2v) is 5.29. The largest absolute Gasteiger partial charge is 0.495 e. The van der Waals surface area contributed by atoms with E-state index in [0.29, 0.717) is 10.6 Å². The van der Waals surface area contributed by atoms with Gasteiger partial charge in [-0.1, -0.05) is 19.0 Å². The zero-order chi connectivity index (χ0) is 13.8. The number of amides is 1. The molecule has 0 bridgehead atoms. The van der Waals surface area contributed by atoms with Gasteiger partial charge in [0.05, 0.1) is 7.11 Å². The summed E-state index contributed by atoms with van der Waals surface area (Å²) in [5.41, 5.74) is 4.92. The van der Waals surface area contributed by atoms with Crippen LogP contribution in [0.25, 0.3) is 0 Å². The molecule has 1 amide bonds. The van der Waals surface area contributed by atoms with E-state index in [0.717, 1.165) is 0 Å². The minimum atomic E-state index is -0.616. The van der Waals surface area contributed by atoms with E-state index >= 15 is 0 Å². The van der Waals surface area contributed by atoms with Crippen molar-refractivity contribution in [2.24, 2.45) is 16.3 Å². The van der Waals surface area contributed by atoms with E-state index in [1.807, 2.05) is 0 Å². The molecule has 0 atom stereocenters. The summed E-state index contributed by atoms with van der Waals surface area (Å²) in [4.78, 5) is 12.4. The third kappa shape index (κ3) is 3.13. The van der Waals surface area contributed by atoms with Crippen molar-refractivity contribution in [1.29, 1.82) is 0 Å². The van der Waals surface area contributed by atoms with Gasteiger partial charge in [-0.15, -0.1) is 11.3 Å². The summed E-state index contributed by atoms with van der Waals surface area (Å²) in [7, 11) is 1.51. The van der Waals surface area contributed by atoms with E-state index in [1.165, 1.54) is 18.4 Å². The first kappa shape index (κ1) is 14.3. The highest BCUT2D eigenvalue weighted by molar-refractivity contribution is 7.12. The van der Waals surface area contributed by atoms with Crippen LogP contribution in [-0.2, 0) is 0 Å². The molecule has 0 saturated heterocycles. The van der Waals surface area contributed by atoms with Crippen LogP contribution >= 0.6 is 11.3 Å². The zero-order valence-electron chi connectivity index (χ0n) is 10.6. The van der Waals surface area contributed by atoms with Crippen LogP contribution in [0, 0.1) is 5.41 Å². The van der Waals surface area contributed by atoms with Gasteiger partial charge in [-0.2, -0.15) is 0 Å². The third-order valence-corrected chi connectivity index (χ3v) is 3.44. The fourth-order valence-electron chi connectivity index (χ4n) is 1.23. The quantitative estimate of drug-likeness (QED) is 0.325. The fourth-order valence-corrected chi connectivity index (χ4v) is 2.01. The molecule has 18 heavy (non-hydrogen) atoms. The van der Waals surface area contributed by atoms with Crippen molar-refractivity contribution in [3.63, 3.8) is 0 Å². The summed E-state index contributed by atoms with van der Waals surface area (Å²) >= 11 is 1.30. The van der Waals surface area contributed by atoms with Gasteiger partial charge in [-0.25, -0.2) is 0 Å². The van der Waals surface area contributed by atoms with Crippen LogP contribution in [-0.4, -0.2) is 30.6 Å². The van der Waals surface area contributed by atoms with E-state index in [2.05, 4.69) is 10.5 Å². The van der Waals surface area contributed by atoms with Crippen molar-refractivity contribution in [2.75, 3.05) is 13.7 Å². The van der Waals surface area contributed by atoms with Gasteiger partial charge in [0.1, 0.15) is 16.5 Å². The average molecular weight is 271 g/mol. The lowest BCUT2D eigenvalue weighted by molar-refractivity contribution is 0.0945. The molecule has 0 radical (unpaired) electrons. The number of ether oxygens (including phenoxy) is 1. The molecule has 7 heteroatoms. The van der Waals surface area contributed by atoms with Crippen molar-refractivity contribution in [3.8, 4) is 5.75 Å². The Kier molecular flexibility index (Phi) is 4.55. The number of nitrogens with two attached hydrogens (primary N) is 1. The summed E-state index contributed by atoms with van der Waals surface area (Å²) < 4.78 is 5.07. The van der Waals surface area contributed by atoms with Gasteiger partial charge in [-0.3, -0.25) is 4.79 Å². The van der Waals surface area contributed by atoms with Gasteiger partial charge in [0.25, 0.3) is 5.91 Å². The van der Waals surface area contributed by atoms with Crippen molar-refractivity contribution in [2.45, 2.75) is 13.8 Å². The Bertz CT molecular complexity index is 454. The topological polar surface area (TPSA) is 96.9 Å². The maximum absolute atomic E-state index is 11.9. The number of amidine groups is 1. The molecule has 1 rings (SSSR count). The van der Waals surface area contributed by atoms with E-state index < -0.39 is 5.41 Å². The maximum atomic E-state index is 11.9. The second-order valence-electron chi connectivity index (χ2n) is 4.37. The molecule has 0 aliphatic heterocycles. The average Bonchev–Trinajstić information content (AvgIpc) is 2.83. The SMILES string of the molecule is COc1ccsc1C(=O)NCC(C)(C)/C(N)=N/O. The Balaban J connectivity index is 2.67. The lowest BCUT2D eigenvalue weighted by atomic mass is 9.92. The minimum absolute atomic E-state index is 0.0703. The minimum Gasteiger partial charge on any atom is -0.495 e. The molecule has 1 aromatic heterocycles. The first-order valence-corrected chi connectivity index (χ1v) is 6.18. The summed E-state index contributed by atoms with van der Waals surface area (Å²) in [5, 5.41) is 16.1. The number of nitrogens with zero attached hydrogens (tertiary/aromatic N) is 1. The van der Waals surface area contributed by atoms with Crippen molar-refractivity contribution in [3.05, 3.63) is 16.3 Å². The van der Waals surface area contributed by atoms with Crippen LogP contribution in [0.5, 0.6) is 5.75 Å². The van der Waals surface area contributed by atoms with Crippen LogP contribution in [0.4, 0.5) is 0 Å².